The van der Waals surface area contributed by atoms with Crippen LogP contribution in [0, 0.1) is 22.7 Å². The van der Waals surface area contributed by atoms with Gasteiger partial charge in [-0.25, -0.2) is 4.79 Å². The van der Waals surface area contributed by atoms with Gasteiger partial charge in [0.05, 0.1) is 26.9 Å². The minimum Gasteiger partial charge on any atom is -0.493 e. The number of carbonyl (C=O) groups is 1. The summed E-state index contributed by atoms with van der Waals surface area (Å²) >= 11 is 0. The van der Waals surface area contributed by atoms with Crippen LogP contribution in [0.3, 0.4) is 0 Å². The maximum atomic E-state index is 12.4. The fraction of sp³-hybridized carbons (Fsp3) is 0.150. The number of benzene rings is 2. The highest BCUT2D eigenvalue weighted by molar-refractivity contribution is 5.92. The van der Waals surface area contributed by atoms with Gasteiger partial charge in [0.15, 0.2) is 23.0 Å². The van der Waals surface area contributed by atoms with E-state index in [-0.39, 0.29) is 22.6 Å². The number of nitriles is 2. The van der Waals surface area contributed by atoms with Crippen LogP contribution in [0.15, 0.2) is 42.0 Å². The van der Waals surface area contributed by atoms with Crippen LogP contribution >= 0.6 is 0 Å². The lowest BCUT2D eigenvalue weighted by atomic mass is 10.1. The summed E-state index contributed by atoms with van der Waals surface area (Å²) in [6.07, 6.45) is 1.41. The van der Waals surface area contributed by atoms with Crippen molar-refractivity contribution in [1.82, 2.24) is 0 Å². The van der Waals surface area contributed by atoms with Crippen molar-refractivity contribution in [1.29, 1.82) is 10.5 Å². The molecule has 0 heterocycles. The van der Waals surface area contributed by atoms with Crippen LogP contribution < -0.4 is 18.9 Å². The first-order valence-corrected chi connectivity index (χ1v) is 7.70. The summed E-state index contributed by atoms with van der Waals surface area (Å²) < 4.78 is 21.0. The average molecular weight is 364 g/mol. The fourth-order valence-corrected chi connectivity index (χ4v) is 2.24. The molecule has 27 heavy (non-hydrogen) atoms. The first kappa shape index (κ1) is 19.4. The quantitative estimate of drug-likeness (QED) is 0.440. The van der Waals surface area contributed by atoms with Crippen molar-refractivity contribution in [3.05, 3.63) is 53.1 Å². The zero-order chi connectivity index (χ0) is 19.8. The Bertz CT molecular complexity index is 951. The van der Waals surface area contributed by atoms with Gasteiger partial charge in [-0.15, -0.1) is 0 Å². The van der Waals surface area contributed by atoms with Crippen molar-refractivity contribution in [3.8, 4) is 35.1 Å². The molecule has 0 spiro atoms. The number of allylic oxidation sites excluding steroid dienone is 1. The molecule has 0 aliphatic rings. The summed E-state index contributed by atoms with van der Waals surface area (Å²) in [5, 5.41) is 17.7. The Kier molecular flexibility index (Phi) is 6.40. The molecule has 0 radical (unpaired) electrons. The Labute approximate surface area is 156 Å². The van der Waals surface area contributed by atoms with E-state index in [1.54, 1.807) is 36.4 Å². The van der Waals surface area contributed by atoms with E-state index in [1.165, 1.54) is 39.5 Å². The van der Waals surface area contributed by atoms with Crippen molar-refractivity contribution in [3.63, 3.8) is 0 Å². The molecule has 0 fully saturated rings. The monoisotopic (exact) mass is 364 g/mol. The zero-order valence-electron chi connectivity index (χ0n) is 15.0. The van der Waals surface area contributed by atoms with E-state index < -0.39 is 5.97 Å². The summed E-state index contributed by atoms with van der Waals surface area (Å²) in [5.41, 5.74) is 0.790. The van der Waals surface area contributed by atoms with Gasteiger partial charge in [-0.05, 0) is 42.0 Å². The second kappa shape index (κ2) is 8.93. The molecule has 0 unspecified atom stereocenters. The van der Waals surface area contributed by atoms with Crippen LogP contribution in [0.25, 0.3) is 6.08 Å². The van der Waals surface area contributed by atoms with Gasteiger partial charge in [0, 0.05) is 0 Å². The molecule has 7 heteroatoms. The molecule has 0 saturated heterocycles. The SMILES string of the molecule is COc1ccc(C(=O)Oc2ccc(C=C(C#N)C#N)cc2OC)cc1OC. The first-order chi connectivity index (χ1) is 13.1. The maximum Gasteiger partial charge on any atom is 0.343 e. The van der Waals surface area contributed by atoms with Gasteiger partial charge >= 0.3 is 5.97 Å². The van der Waals surface area contributed by atoms with Crippen molar-refractivity contribution in [2.45, 2.75) is 0 Å². The molecule has 0 atom stereocenters. The Balaban J connectivity index is 2.29. The lowest BCUT2D eigenvalue weighted by Gasteiger charge is -2.12. The number of hydrogen-bond acceptors (Lipinski definition) is 7. The van der Waals surface area contributed by atoms with E-state index in [4.69, 9.17) is 29.5 Å². The highest BCUT2D eigenvalue weighted by Crippen LogP contribution is 2.31. The summed E-state index contributed by atoms with van der Waals surface area (Å²) in [7, 11) is 4.39. The predicted molar refractivity (Wildman–Crippen MR) is 96.7 cm³/mol. The maximum absolute atomic E-state index is 12.4. The number of nitrogens with zero attached hydrogens (tertiary/aromatic N) is 2. The van der Waals surface area contributed by atoms with E-state index in [9.17, 15) is 4.79 Å². The van der Waals surface area contributed by atoms with Gasteiger partial charge in [-0.2, -0.15) is 10.5 Å². The molecule has 0 aromatic heterocycles. The van der Waals surface area contributed by atoms with E-state index in [1.807, 2.05) is 0 Å². The van der Waals surface area contributed by atoms with Gasteiger partial charge in [0.1, 0.15) is 17.7 Å². The Morgan fingerprint density at radius 3 is 2.04 bits per heavy atom. The molecule has 2 aromatic rings. The zero-order valence-corrected chi connectivity index (χ0v) is 15.0. The lowest BCUT2D eigenvalue weighted by molar-refractivity contribution is 0.0729. The van der Waals surface area contributed by atoms with Crippen LogP contribution in [-0.2, 0) is 0 Å². The lowest BCUT2D eigenvalue weighted by Crippen LogP contribution is -2.09. The minimum atomic E-state index is -0.604. The second-order valence-corrected chi connectivity index (χ2v) is 5.15. The van der Waals surface area contributed by atoms with Gasteiger partial charge in [-0.1, -0.05) is 6.07 Å². The third-order valence-corrected chi connectivity index (χ3v) is 3.56. The number of methoxy groups -OCH3 is 3. The smallest absolute Gasteiger partial charge is 0.343 e. The van der Waals surface area contributed by atoms with Crippen molar-refractivity contribution in [2.24, 2.45) is 0 Å². The predicted octanol–water partition coefficient (Wildman–Crippen LogP) is 3.36. The summed E-state index contributed by atoms with van der Waals surface area (Å²) in [5.74, 6) is 0.776. The van der Waals surface area contributed by atoms with Gasteiger partial charge in [0.25, 0.3) is 0 Å². The number of carbonyl (C=O) groups excluding carboxylic acids is 1. The molecular weight excluding hydrogens is 348 g/mol. The minimum absolute atomic E-state index is 0.0490. The summed E-state index contributed by atoms with van der Waals surface area (Å²) in [6.45, 7) is 0. The molecule has 0 amide bonds. The molecular formula is C20H16N2O5. The van der Waals surface area contributed by atoms with Crippen LogP contribution in [0.1, 0.15) is 15.9 Å². The molecule has 2 rings (SSSR count). The number of esters is 1. The van der Waals surface area contributed by atoms with Crippen LogP contribution in [0.2, 0.25) is 0 Å². The molecule has 0 bridgehead atoms. The van der Waals surface area contributed by atoms with Gasteiger partial charge < -0.3 is 18.9 Å². The number of ether oxygens (including phenoxy) is 4. The second-order valence-electron chi connectivity index (χ2n) is 5.15. The number of rotatable bonds is 6. The standard InChI is InChI=1S/C20H16N2O5/c1-24-16-7-5-15(10-19(16)26-3)20(23)27-17-6-4-13(9-18(17)25-2)8-14(11-21)12-22/h4-10H,1-3H3. The molecule has 2 aromatic carbocycles. The van der Waals surface area contributed by atoms with Crippen LogP contribution in [-0.4, -0.2) is 27.3 Å². The summed E-state index contributed by atoms with van der Waals surface area (Å²) in [6, 6.07) is 12.9. The molecule has 7 nitrogen and oxygen atoms in total. The van der Waals surface area contributed by atoms with E-state index >= 15 is 0 Å². The highest BCUT2D eigenvalue weighted by atomic mass is 16.6. The first-order valence-electron chi connectivity index (χ1n) is 7.70. The largest absolute Gasteiger partial charge is 0.493 e. The third kappa shape index (κ3) is 4.56. The Morgan fingerprint density at radius 1 is 0.852 bits per heavy atom. The van der Waals surface area contributed by atoms with E-state index in [0.29, 0.717) is 17.1 Å². The van der Waals surface area contributed by atoms with Gasteiger partial charge in [-0.3, -0.25) is 0 Å². The average Bonchev–Trinajstić information content (AvgIpc) is 2.72. The van der Waals surface area contributed by atoms with Crippen molar-refractivity contribution < 1.29 is 23.7 Å². The number of hydrogen-bond donors (Lipinski definition) is 0. The van der Waals surface area contributed by atoms with Gasteiger partial charge in [0.2, 0.25) is 0 Å². The molecule has 0 N–H and O–H groups in total. The molecule has 0 aliphatic heterocycles. The normalized spacial score (nSPS) is 9.37. The molecule has 0 saturated carbocycles. The Morgan fingerprint density at radius 2 is 1.44 bits per heavy atom. The van der Waals surface area contributed by atoms with Crippen LogP contribution in [0.5, 0.6) is 23.0 Å². The van der Waals surface area contributed by atoms with Crippen molar-refractivity contribution >= 4 is 12.0 Å². The molecule has 136 valence electrons. The van der Waals surface area contributed by atoms with E-state index in [2.05, 4.69) is 0 Å². The van der Waals surface area contributed by atoms with E-state index in [0.717, 1.165) is 0 Å². The topological polar surface area (TPSA) is 102 Å². The van der Waals surface area contributed by atoms with Crippen molar-refractivity contribution in [2.75, 3.05) is 21.3 Å². The Hall–Kier alpha value is -3.97. The summed E-state index contributed by atoms with van der Waals surface area (Å²) in [4.78, 5) is 12.4. The molecule has 0 aliphatic carbocycles. The van der Waals surface area contributed by atoms with Crippen LogP contribution in [0.4, 0.5) is 0 Å². The third-order valence-electron chi connectivity index (χ3n) is 3.56. The highest BCUT2D eigenvalue weighted by Gasteiger charge is 2.15. The fourth-order valence-electron chi connectivity index (χ4n) is 2.24.